The molecule has 0 heterocycles. The fourth-order valence-electron chi connectivity index (χ4n) is 4.68. The standard InChI is InChI=1S/C33H43N3O4S/c1-5-7-23-34-33(38)31(6-2)35(24-22-27-14-10-8-11-15-27)32(37)25-36(29-20-18-28(19-21-29)26(3)4)41(39,40)30-16-12-9-13-17-30/h8-21,26,31H,5-7,22-25H2,1-4H3,(H,34,38)/t31-/m1/s1. The molecule has 0 fully saturated rings. The first-order valence-electron chi connectivity index (χ1n) is 14.5. The molecule has 7 nitrogen and oxygen atoms in total. The molecule has 1 atom stereocenters. The van der Waals surface area contributed by atoms with Crippen LogP contribution in [0, 0.1) is 0 Å². The van der Waals surface area contributed by atoms with Crippen molar-refractivity contribution in [1.29, 1.82) is 0 Å². The van der Waals surface area contributed by atoms with Crippen molar-refractivity contribution >= 4 is 27.5 Å². The largest absolute Gasteiger partial charge is 0.354 e. The van der Waals surface area contributed by atoms with Gasteiger partial charge in [-0.1, -0.05) is 94.8 Å². The summed E-state index contributed by atoms with van der Waals surface area (Å²) in [5, 5.41) is 2.96. The summed E-state index contributed by atoms with van der Waals surface area (Å²) in [7, 11) is -4.07. The van der Waals surface area contributed by atoms with Crippen LogP contribution in [0.3, 0.4) is 0 Å². The van der Waals surface area contributed by atoms with E-state index in [0.29, 0.717) is 25.1 Å². The average Bonchev–Trinajstić information content (AvgIpc) is 2.99. The lowest BCUT2D eigenvalue weighted by Gasteiger charge is -2.33. The van der Waals surface area contributed by atoms with Crippen LogP contribution in [0.15, 0.2) is 89.8 Å². The Morgan fingerprint density at radius 1 is 0.854 bits per heavy atom. The van der Waals surface area contributed by atoms with Gasteiger partial charge in [-0.05, 0) is 60.6 Å². The van der Waals surface area contributed by atoms with E-state index in [9.17, 15) is 18.0 Å². The number of rotatable bonds is 15. The molecule has 0 radical (unpaired) electrons. The van der Waals surface area contributed by atoms with Crippen LogP contribution < -0.4 is 9.62 Å². The summed E-state index contributed by atoms with van der Waals surface area (Å²) in [6, 6.07) is 24.4. The van der Waals surface area contributed by atoms with Crippen molar-refractivity contribution in [2.75, 3.05) is 23.9 Å². The predicted molar refractivity (Wildman–Crippen MR) is 165 cm³/mol. The first kappa shape index (κ1) is 31.9. The summed E-state index contributed by atoms with van der Waals surface area (Å²) in [5.74, 6) is -0.373. The molecule has 3 rings (SSSR count). The van der Waals surface area contributed by atoms with Crippen LogP contribution in [-0.2, 0) is 26.0 Å². The molecule has 8 heteroatoms. The van der Waals surface area contributed by atoms with Gasteiger partial charge in [-0.25, -0.2) is 8.42 Å². The molecule has 0 bridgehead atoms. The van der Waals surface area contributed by atoms with E-state index in [-0.39, 0.29) is 23.3 Å². The van der Waals surface area contributed by atoms with E-state index in [1.807, 2.05) is 49.4 Å². The number of sulfonamides is 1. The molecule has 2 amide bonds. The van der Waals surface area contributed by atoms with Gasteiger partial charge < -0.3 is 10.2 Å². The second kappa shape index (κ2) is 15.4. The maximum atomic E-state index is 14.1. The normalized spacial score (nSPS) is 12.1. The maximum absolute atomic E-state index is 14.1. The molecule has 1 N–H and O–H groups in total. The van der Waals surface area contributed by atoms with Crippen LogP contribution in [0.1, 0.15) is 64.0 Å². The fraction of sp³-hybridized carbons (Fsp3) is 0.394. The molecule has 220 valence electrons. The third kappa shape index (κ3) is 8.67. The SMILES string of the molecule is CCCCNC(=O)[C@@H](CC)N(CCc1ccccc1)C(=O)CN(c1ccc(C(C)C)cc1)S(=O)(=O)c1ccccc1. The molecule has 41 heavy (non-hydrogen) atoms. The van der Waals surface area contributed by atoms with Crippen molar-refractivity contribution < 1.29 is 18.0 Å². The summed E-state index contributed by atoms with van der Waals surface area (Å²) in [6.45, 7) is 8.45. The highest BCUT2D eigenvalue weighted by Gasteiger charge is 2.33. The number of nitrogens with zero attached hydrogens (tertiary/aromatic N) is 2. The summed E-state index contributed by atoms with van der Waals surface area (Å²) in [5.41, 5.74) is 2.50. The van der Waals surface area contributed by atoms with Gasteiger partial charge in [0.2, 0.25) is 11.8 Å². The lowest BCUT2D eigenvalue weighted by molar-refractivity contribution is -0.139. The van der Waals surface area contributed by atoms with Crippen LogP contribution in [0.5, 0.6) is 0 Å². The first-order chi connectivity index (χ1) is 19.7. The minimum Gasteiger partial charge on any atom is -0.354 e. The van der Waals surface area contributed by atoms with Gasteiger partial charge in [-0.15, -0.1) is 0 Å². The van der Waals surface area contributed by atoms with Crippen molar-refractivity contribution in [1.82, 2.24) is 10.2 Å². The zero-order chi connectivity index (χ0) is 29.8. The monoisotopic (exact) mass is 577 g/mol. The van der Waals surface area contributed by atoms with E-state index >= 15 is 0 Å². The number of benzene rings is 3. The zero-order valence-electron chi connectivity index (χ0n) is 24.6. The molecule has 0 saturated carbocycles. The molecule has 0 aromatic heterocycles. The highest BCUT2D eigenvalue weighted by Crippen LogP contribution is 2.26. The van der Waals surface area contributed by atoms with Gasteiger partial charge >= 0.3 is 0 Å². The summed E-state index contributed by atoms with van der Waals surface area (Å²) < 4.78 is 29.0. The quantitative estimate of drug-likeness (QED) is 0.232. The van der Waals surface area contributed by atoms with Gasteiger partial charge in [-0.3, -0.25) is 13.9 Å². The number of unbranched alkanes of at least 4 members (excludes halogenated alkanes) is 1. The Bertz CT molecular complexity index is 1340. The van der Waals surface area contributed by atoms with Crippen molar-refractivity contribution in [3.05, 3.63) is 96.1 Å². The summed E-state index contributed by atoms with van der Waals surface area (Å²) >= 11 is 0. The second-order valence-electron chi connectivity index (χ2n) is 10.5. The van der Waals surface area contributed by atoms with E-state index in [0.717, 1.165) is 28.3 Å². The summed E-state index contributed by atoms with van der Waals surface area (Å²) in [6.07, 6.45) is 2.73. The Morgan fingerprint density at radius 2 is 1.46 bits per heavy atom. The van der Waals surface area contributed by atoms with Gasteiger partial charge in [-0.2, -0.15) is 0 Å². The van der Waals surface area contributed by atoms with Crippen LogP contribution >= 0.6 is 0 Å². The smallest absolute Gasteiger partial charge is 0.264 e. The third-order valence-electron chi connectivity index (χ3n) is 7.16. The molecule has 0 unspecified atom stereocenters. The Morgan fingerprint density at radius 3 is 2.02 bits per heavy atom. The van der Waals surface area contributed by atoms with E-state index in [1.165, 1.54) is 12.1 Å². The van der Waals surface area contributed by atoms with Crippen molar-refractivity contribution in [3.63, 3.8) is 0 Å². The van der Waals surface area contributed by atoms with E-state index < -0.39 is 28.5 Å². The predicted octanol–water partition coefficient (Wildman–Crippen LogP) is 5.77. The minimum absolute atomic E-state index is 0.0981. The molecule has 0 aliphatic carbocycles. The van der Waals surface area contributed by atoms with Crippen LogP contribution in [0.4, 0.5) is 5.69 Å². The molecular formula is C33H43N3O4S. The second-order valence-corrected chi connectivity index (χ2v) is 12.3. The summed E-state index contributed by atoms with van der Waals surface area (Å²) in [4.78, 5) is 29.0. The molecule has 0 spiro atoms. The third-order valence-corrected chi connectivity index (χ3v) is 8.95. The van der Waals surface area contributed by atoms with E-state index in [4.69, 9.17) is 0 Å². The van der Waals surface area contributed by atoms with Gasteiger partial charge in [0.05, 0.1) is 10.6 Å². The van der Waals surface area contributed by atoms with Gasteiger partial charge in [0.15, 0.2) is 0 Å². The minimum atomic E-state index is -4.07. The highest BCUT2D eigenvalue weighted by molar-refractivity contribution is 7.92. The fourth-order valence-corrected chi connectivity index (χ4v) is 6.11. The van der Waals surface area contributed by atoms with Gasteiger partial charge in [0.1, 0.15) is 12.6 Å². The van der Waals surface area contributed by atoms with Crippen molar-refractivity contribution in [3.8, 4) is 0 Å². The van der Waals surface area contributed by atoms with Gasteiger partial charge in [0, 0.05) is 13.1 Å². The number of hydrogen-bond donors (Lipinski definition) is 1. The highest BCUT2D eigenvalue weighted by atomic mass is 32.2. The molecule has 3 aromatic rings. The van der Waals surface area contributed by atoms with Crippen molar-refractivity contribution in [2.24, 2.45) is 0 Å². The maximum Gasteiger partial charge on any atom is 0.264 e. The first-order valence-corrected chi connectivity index (χ1v) is 15.9. The van der Waals surface area contributed by atoms with Crippen LogP contribution in [0.25, 0.3) is 0 Å². The van der Waals surface area contributed by atoms with Crippen molar-refractivity contribution in [2.45, 2.75) is 70.2 Å². The number of nitrogens with one attached hydrogen (secondary N) is 1. The molecule has 0 aliphatic heterocycles. The van der Waals surface area contributed by atoms with Crippen LogP contribution in [-0.4, -0.2) is 50.8 Å². The number of hydrogen-bond acceptors (Lipinski definition) is 4. The Hall–Kier alpha value is -3.65. The molecule has 3 aromatic carbocycles. The van der Waals surface area contributed by atoms with E-state index in [2.05, 4.69) is 26.1 Å². The molecule has 0 saturated heterocycles. The van der Waals surface area contributed by atoms with E-state index in [1.54, 1.807) is 35.2 Å². The molecule has 0 aliphatic rings. The Kier molecular flexibility index (Phi) is 12.0. The average molecular weight is 578 g/mol. The topological polar surface area (TPSA) is 86.8 Å². The lowest BCUT2D eigenvalue weighted by Crippen LogP contribution is -2.53. The van der Waals surface area contributed by atoms with Crippen LogP contribution in [0.2, 0.25) is 0 Å². The lowest BCUT2D eigenvalue weighted by atomic mass is 10.0. The number of carbonyl (C=O) groups excluding carboxylic acids is 2. The Labute approximate surface area is 245 Å². The zero-order valence-corrected chi connectivity index (χ0v) is 25.4. The number of carbonyl (C=O) groups is 2. The van der Waals surface area contributed by atoms with Gasteiger partial charge in [0.25, 0.3) is 10.0 Å². The number of anilines is 1. The Balaban J connectivity index is 1.98. The molecular weight excluding hydrogens is 534 g/mol. The number of amides is 2.